The van der Waals surface area contributed by atoms with Gasteiger partial charge >= 0.3 is 6.18 Å². The predicted molar refractivity (Wildman–Crippen MR) is 70.7 cm³/mol. The zero-order chi connectivity index (χ0) is 14.8. The van der Waals surface area contributed by atoms with Crippen LogP contribution in [0.15, 0.2) is 48.5 Å². The first-order chi connectivity index (χ1) is 9.43. The summed E-state index contributed by atoms with van der Waals surface area (Å²) in [5.41, 5.74) is 0.404. The van der Waals surface area contributed by atoms with Crippen LogP contribution in [0.1, 0.15) is 11.1 Å². The highest BCUT2D eigenvalue weighted by Gasteiger charge is 2.31. The Morgan fingerprint density at radius 3 is 2.25 bits per heavy atom. The number of alkyl halides is 3. The highest BCUT2D eigenvalue weighted by Crippen LogP contribution is 2.34. The molecule has 0 unspecified atom stereocenters. The van der Waals surface area contributed by atoms with E-state index in [1.54, 1.807) is 11.9 Å². The topological polar surface area (TPSA) is 27.0 Å². The number of nitriles is 1. The van der Waals surface area contributed by atoms with Crippen LogP contribution in [0.3, 0.4) is 0 Å². The molecule has 5 heteroatoms. The maximum absolute atomic E-state index is 12.6. The molecule has 0 aliphatic rings. The van der Waals surface area contributed by atoms with E-state index in [0.717, 1.165) is 17.8 Å². The SMILES string of the molecule is CN(c1ccccc1)c1ccc(C(F)(F)F)cc1C#N. The molecule has 0 saturated carbocycles. The number of halogens is 3. The van der Waals surface area contributed by atoms with Crippen molar-refractivity contribution in [1.82, 2.24) is 0 Å². The van der Waals surface area contributed by atoms with Crippen LogP contribution >= 0.6 is 0 Å². The van der Waals surface area contributed by atoms with Crippen molar-refractivity contribution >= 4 is 11.4 Å². The van der Waals surface area contributed by atoms with E-state index in [1.807, 2.05) is 36.4 Å². The van der Waals surface area contributed by atoms with Gasteiger partial charge in [0.2, 0.25) is 0 Å². The standard InChI is InChI=1S/C15H11F3N2/c1-20(13-5-3-2-4-6-13)14-8-7-12(15(16,17)18)9-11(14)10-19/h2-9H,1H3. The Morgan fingerprint density at radius 2 is 1.70 bits per heavy atom. The van der Waals surface area contributed by atoms with Crippen molar-refractivity contribution < 1.29 is 13.2 Å². The highest BCUT2D eigenvalue weighted by atomic mass is 19.4. The van der Waals surface area contributed by atoms with E-state index in [2.05, 4.69) is 0 Å². The van der Waals surface area contributed by atoms with E-state index in [0.29, 0.717) is 5.69 Å². The number of benzene rings is 2. The molecule has 0 bridgehead atoms. The van der Waals surface area contributed by atoms with Gasteiger partial charge in [-0.15, -0.1) is 0 Å². The van der Waals surface area contributed by atoms with Gasteiger partial charge in [-0.25, -0.2) is 0 Å². The second-order valence-corrected chi connectivity index (χ2v) is 4.24. The van der Waals surface area contributed by atoms with E-state index in [1.165, 1.54) is 6.07 Å². The Bertz CT molecular complexity index is 642. The molecule has 0 aliphatic carbocycles. The lowest BCUT2D eigenvalue weighted by atomic mass is 10.1. The summed E-state index contributed by atoms with van der Waals surface area (Å²) >= 11 is 0. The van der Waals surface area contributed by atoms with Gasteiger partial charge in [0.15, 0.2) is 0 Å². The van der Waals surface area contributed by atoms with Gasteiger partial charge in [-0.2, -0.15) is 18.4 Å². The maximum atomic E-state index is 12.6. The number of rotatable bonds is 2. The summed E-state index contributed by atoms with van der Waals surface area (Å²) in [6.45, 7) is 0. The first kappa shape index (κ1) is 13.9. The van der Waals surface area contributed by atoms with Crippen LogP contribution in [0.5, 0.6) is 0 Å². The van der Waals surface area contributed by atoms with Crippen molar-refractivity contribution in [3.8, 4) is 6.07 Å². The molecule has 0 fully saturated rings. The van der Waals surface area contributed by atoms with Crippen LogP contribution in [0.25, 0.3) is 0 Å². The van der Waals surface area contributed by atoms with Crippen molar-refractivity contribution in [2.24, 2.45) is 0 Å². The van der Waals surface area contributed by atoms with E-state index < -0.39 is 11.7 Å². The molecule has 0 aliphatic heterocycles. The number of hydrogen-bond donors (Lipinski definition) is 0. The second kappa shape index (κ2) is 5.25. The molecule has 0 saturated heterocycles. The molecule has 0 radical (unpaired) electrons. The number of hydrogen-bond acceptors (Lipinski definition) is 2. The molecule has 0 spiro atoms. The lowest BCUT2D eigenvalue weighted by Crippen LogP contribution is -2.12. The average Bonchev–Trinajstić information content (AvgIpc) is 2.45. The largest absolute Gasteiger partial charge is 0.416 e. The maximum Gasteiger partial charge on any atom is 0.416 e. The molecule has 0 amide bonds. The Balaban J connectivity index is 2.46. The fraction of sp³-hybridized carbons (Fsp3) is 0.133. The zero-order valence-electron chi connectivity index (χ0n) is 10.6. The molecular formula is C15H11F3N2. The van der Waals surface area contributed by atoms with Gasteiger partial charge in [-0.1, -0.05) is 18.2 Å². The van der Waals surface area contributed by atoms with E-state index in [9.17, 15) is 13.2 Å². The molecule has 0 N–H and O–H groups in total. The van der Waals surface area contributed by atoms with E-state index >= 15 is 0 Å². The molecule has 0 aromatic heterocycles. The Hall–Kier alpha value is -2.48. The third kappa shape index (κ3) is 2.75. The van der Waals surface area contributed by atoms with Gasteiger partial charge in [-0.3, -0.25) is 0 Å². The van der Waals surface area contributed by atoms with Gasteiger partial charge in [-0.05, 0) is 30.3 Å². The molecular weight excluding hydrogens is 265 g/mol. The molecule has 2 rings (SSSR count). The first-order valence-electron chi connectivity index (χ1n) is 5.83. The lowest BCUT2D eigenvalue weighted by Gasteiger charge is -2.21. The summed E-state index contributed by atoms with van der Waals surface area (Å²) < 4.78 is 37.9. The minimum Gasteiger partial charge on any atom is -0.344 e. The monoisotopic (exact) mass is 276 g/mol. The summed E-state index contributed by atoms with van der Waals surface area (Å²) in [6, 6.07) is 14.1. The van der Waals surface area contributed by atoms with Crippen molar-refractivity contribution in [1.29, 1.82) is 5.26 Å². The molecule has 2 aromatic rings. The Kier molecular flexibility index (Phi) is 3.66. The van der Waals surface area contributed by atoms with Gasteiger partial charge in [0.1, 0.15) is 6.07 Å². The Labute approximate surface area is 114 Å². The normalized spacial score (nSPS) is 10.9. The van der Waals surface area contributed by atoms with E-state index in [4.69, 9.17) is 5.26 Å². The molecule has 102 valence electrons. The third-order valence-corrected chi connectivity index (χ3v) is 2.95. The van der Waals surface area contributed by atoms with Gasteiger partial charge < -0.3 is 4.90 Å². The number of nitrogens with zero attached hydrogens (tertiary/aromatic N) is 2. The minimum absolute atomic E-state index is 0.00817. The smallest absolute Gasteiger partial charge is 0.344 e. The molecule has 0 atom stereocenters. The fourth-order valence-electron chi connectivity index (χ4n) is 1.89. The van der Waals surface area contributed by atoms with Crippen LogP contribution in [-0.4, -0.2) is 7.05 Å². The van der Waals surface area contributed by atoms with Crippen LogP contribution in [0, 0.1) is 11.3 Å². The lowest BCUT2D eigenvalue weighted by molar-refractivity contribution is -0.137. The van der Waals surface area contributed by atoms with Gasteiger partial charge in [0, 0.05) is 12.7 Å². The summed E-state index contributed by atoms with van der Waals surface area (Å²) in [6.07, 6.45) is -4.45. The number of anilines is 2. The van der Waals surface area contributed by atoms with Crippen molar-refractivity contribution in [3.05, 3.63) is 59.7 Å². The summed E-state index contributed by atoms with van der Waals surface area (Å²) in [5, 5.41) is 9.06. The summed E-state index contributed by atoms with van der Waals surface area (Å²) in [5.74, 6) is 0. The molecule has 0 heterocycles. The summed E-state index contributed by atoms with van der Waals surface area (Å²) in [7, 11) is 1.71. The Morgan fingerprint density at radius 1 is 1.05 bits per heavy atom. The van der Waals surface area contributed by atoms with Crippen molar-refractivity contribution in [2.45, 2.75) is 6.18 Å². The minimum atomic E-state index is -4.45. The quantitative estimate of drug-likeness (QED) is 0.815. The van der Waals surface area contributed by atoms with Crippen molar-refractivity contribution in [3.63, 3.8) is 0 Å². The first-order valence-corrected chi connectivity index (χ1v) is 5.83. The predicted octanol–water partition coefficient (Wildman–Crippen LogP) is 4.34. The van der Waals surface area contributed by atoms with Gasteiger partial charge in [0.25, 0.3) is 0 Å². The van der Waals surface area contributed by atoms with E-state index in [-0.39, 0.29) is 5.56 Å². The molecule has 2 nitrogen and oxygen atoms in total. The van der Waals surface area contributed by atoms with Crippen LogP contribution in [-0.2, 0) is 6.18 Å². The second-order valence-electron chi connectivity index (χ2n) is 4.24. The zero-order valence-corrected chi connectivity index (χ0v) is 10.6. The summed E-state index contributed by atoms with van der Waals surface area (Å²) in [4.78, 5) is 1.68. The molecule has 20 heavy (non-hydrogen) atoms. The molecule has 2 aromatic carbocycles. The number of para-hydroxylation sites is 1. The fourth-order valence-corrected chi connectivity index (χ4v) is 1.89. The average molecular weight is 276 g/mol. The third-order valence-electron chi connectivity index (χ3n) is 2.95. The van der Waals surface area contributed by atoms with Crippen LogP contribution < -0.4 is 4.90 Å². The van der Waals surface area contributed by atoms with Crippen LogP contribution in [0.4, 0.5) is 24.5 Å². The highest BCUT2D eigenvalue weighted by molar-refractivity contribution is 5.69. The van der Waals surface area contributed by atoms with Crippen LogP contribution in [0.2, 0.25) is 0 Å². The van der Waals surface area contributed by atoms with Crippen molar-refractivity contribution in [2.75, 3.05) is 11.9 Å². The van der Waals surface area contributed by atoms with Gasteiger partial charge in [0.05, 0.1) is 16.8 Å².